The Bertz CT molecular complexity index is 954. The van der Waals surface area contributed by atoms with Crippen LogP contribution in [0.15, 0.2) is 66.3 Å². The van der Waals surface area contributed by atoms with Crippen LogP contribution < -0.4 is 5.32 Å². The zero-order valence-corrected chi connectivity index (χ0v) is 19.2. The molecular formula is C28H35NO3. The van der Waals surface area contributed by atoms with Crippen LogP contribution in [0.1, 0.15) is 68.6 Å². The van der Waals surface area contributed by atoms with Crippen molar-refractivity contribution in [2.45, 2.75) is 64.8 Å². The van der Waals surface area contributed by atoms with Crippen LogP contribution in [0.25, 0.3) is 0 Å². The molecule has 3 rings (SSSR count). The Labute approximate surface area is 191 Å². The average Bonchev–Trinajstić information content (AvgIpc) is 2.77. The number of phenolic OH excluding ortho intramolecular Hbond substituents is 2. The van der Waals surface area contributed by atoms with Crippen molar-refractivity contribution in [2.75, 3.05) is 0 Å². The number of carbonyl (C=O) groups is 1. The zero-order chi connectivity index (χ0) is 23.1. The third kappa shape index (κ3) is 5.82. The first-order valence-electron chi connectivity index (χ1n) is 11.6. The van der Waals surface area contributed by atoms with Crippen LogP contribution in [0, 0.1) is 5.92 Å². The van der Waals surface area contributed by atoms with E-state index in [4.69, 9.17) is 0 Å². The molecule has 4 nitrogen and oxygen atoms in total. The molecule has 0 saturated carbocycles. The molecule has 0 saturated heterocycles. The predicted octanol–water partition coefficient (Wildman–Crippen LogP) is 6.14. The number of hydrogen-bond acceptors (Lipinski definition) is 3. The molecule has 2 aromatic rings. The maximum atomic E-state index is 12.9. The maximum Gasteiger partial charge on any atom is 0.247 e. The van der Waals surface area contributed by atoms with E-state index < -0.39 is 0 Å². The normalized spacial score (nSPS) is 18.1. The number of aryl methyl sites for hydroxylation is 1. The minimum Gasteiger partial charge on any atom is -0.507 e. The monoisotopic (exact) mass is 433 g/mol. The number of phenols is 2. The lowest BCUT2D eigenvalue weighted by atomic mass is 9.73. The molecule has 1 aliphatic carbocycles. The molecule has 0 heterocycles. The van der Waals surface area contributed by atoms with Crippen molar-refractivity contribution in [1.82, 2.24) is 5.32 Å². The topological polar surface area (TPSA) is 69.6 Å². The zero-order valence-electron chi connectivity index (χ0n) is 19.2. The van der Waals surface area contributed by atoms with Crippen molar-refractivity contribution in [2.24, 2.45) is 5.92 Å². The number of allylic oxidation sites excluding steroid dienone is 2. The second kappa shape index (κ2) is 11.0. The fourth-order valence-electron chi connectivity index (χ4n) is 4.57. The molecule has 2 aromatic carbocycles. The van der Waals surface area contributed by atoms with E-state index in [1.807, 2.05) is 43.3 Å². The van der Waals surface area contributed by atoms with Gasteiger partial charge in [-0.25, -0.2) is 0 Å². The van der Waals surface area contributed by atoms with Crippen LogP contribution in [-0.2, 0) is 17.8 Å². The molecule has 1 amide bonds. The van der Waals surface area contributed by atoms with E-state index in [9.17, 15) is 15.0 Å². The summed E-state index contributed by atoms with van der Waals surface area (Å²) in [5.74, 6) is -0.147. The molecule has 0 bridgehead atoms. The van der Waals surface area contributed by atoms with Gasteiger partial charge in [-0.15, -0.1) is 0 Å². The van der Waals surface area contributed by atoms with Crippen molar-refractivity contribution in [3.63, 3.8) is 0 Å². The quantitative estimate of drug-likeness (QED) is 0.328. The van der Waals surface area contributed by atoms with Gasteiger partial charge in [-0.1, -0.05) is 68.3 Å². The molecule has 0 radical (unpaired) electrons. The van der Waals surface area contributed by atoms with Gasteiger partial charge in [0, 0.05) is 23.6 Å². The van der Waals surface area contributed by atoms with Crippen LogP contribution in [-0.4, -0.2) is 16.1 Å². The van der Waals surface area contributed by atoms with Crippen molar-refractivity contribution in [3.8, 4) is 11.5 Å². The first kappa shape index (κ1) is 23.6. The standard InChI is InChI=1S/C28H35NO3/c1-4-5-7-12-21-15-25(30)27(26(31)16-21)24-17-22(13-14-23(24)19(2)3)28(32)29-18-20-10-8-6-9-11-20/h6,8-11,15-17,23-24,30-31H,2,4-5,7,12-14,18H2,1,3H3,(H,29,32)/t23-,24+/m0/s1. The highest BCUT2D eigenvalue weighted by Crippen LogP contribution is 2.46. The number of rotatable bonds is 9. The van der Waals surface area contributed by atoms with Gasteiger partial charge in [0.05, 0.1) is 0 Å². The molecule has 0 aliphatic heterocycles. The molecule has 32 heavy (non-hydrogen) atoms. The van der Waals surface area contributed by atoms with E-state index >= 15 is 0 Å². The third-order valence-corrected chi connectivity index (χ3v) is 6.36. The fraction of sp³-hybridized carbons (Fsp3) is 0.393. The van der Waals surface area contributed by atoms with Crippen LogP contribution in [0.2, 0.25) is 0 Å². The van der Waals surface area contributed by atoms with Crippen LogP contribution in [0.5, 0.6) is 11.5 Å². The van der Waals surface area contributed by atoms with Gasteiger partial charge in [0.25, 0.3) is 0 Å². The van der Waals surface area contributed by atoms with Gasteiger partial charge in [0.15, 0.2) is 0 Å². The highest BCUT2D eigenvalue weighted by molar-refractivity contribution is 5.93. The van der Waals surface area contributed by atoms with Crippen LogP contribution in [0.4, 0.5) is 0 Å². The number of nitrogens with one attached hydrogen (secondary N) is 1. The van der Waals surface area contributed by atoms with E-state index in [1.54, 1.807) is 12.1 Å². The SMILES string of the molecule is C=C(C)[C@@H]1CCC(C(=O)NCc2ccccc2)=C[C@H]1c1c(O)cc(CCCCC)cc1O. The third-order valence-electron chi connectivity index (χ3n) is 6.36. The molecule has 0 unspecified atom stereocenters. The Morgan fingerprint density at radius 2 is 1.78 bits per heavy atom. The van der Waals surface area contributed by atoms with E-state index in [2.05, 4.69) is 18.8 Å². The fourth-order valence-corrected chi connectivity index (χ4v) is 4.57. The average molecular weight is 434 g/mol. The molecule has 0 spiro atoms. The van der Waals surface area contributed by atoms with Crippen LogP contribution >= 0.6 is 0 Å². The smallest absolute Gasteiger partial charge is 0.247 e. The second-order valence-electron chi connectivity index (χ2n) is 8.88. The molecule has 4 heteroatoms. The van der Waals surface area contributed by atoms with Gasteiger partial charge in [0.1, 0.15) is 11.5 Å². The van der Waals surface area contributed by atoms with Crippen molar-refractivity contribution in [3.05, 3.63) is 83.0 Å². The summed E-state index contributed by atoms with van der Waals surface area (Å²) in [7, 11) is 0. The number of amides is 1. The van der Waals surface area contributed by atoms with Gasteiger partial charge in [0.2, 0.25) is 5.91 Å². The summed E-state index contributed by atoms with van der Waals surface area (Å²) < 4.78 is 0. The lowest BCUT2D eigenvalue weighted by molar-refractivity contribution is -0.117. The lowest BCUT2D eigenvalue weighted by Gasteiger charge is -2.32. The molecule has 0 fully saturated rings. The van der Waals surface area contributed by atoms with E-state index in [1.165, 1.54) is 0 Å². The predicted molar refractivity (Wildman–Crippen MR) is 130 cm³/mol. The summed E-state index contributed by atoms with van der Waals surface area (Å²) in [5.41, 5.74) is 4.15. The van der Waals surface area contributed by atoms with Crippen molar-refractivity contribution in [1.29, 1.82) is 0 Å². The molecule has 1 aliphatic rings. The molecule has 3 N–H and O–H groups in total. The van der Waals surface area contributed by atoms with Crippen LogP contribution in [0.3, 0.4) is 0 Å². The Hall–Kier alpha value is -3.01. The summed E-state index contributed by atoms with van der Waals surface area (Å²) in [5, 5.41) is 24.7. The summed E-state index contributed by atoms with van der Waals surface area (Å²) in [6, 6.07) is 13.3. The molecular weight excluding hydrogens is 398 g/mol. The van der Waals surface area contributed by atoms with Crippen molar-refractivity contribution < 1.29 is 15.0 Å². The Morgan fingerprint density at radius 3 is 2.41 bits per heavy atom. The molecule has 170 valence electrons. The Morgan fingerprint density at radius 1 is 1.09 bits per heavy atom. The maximum absolute atomic E-state index is 12.9. The van der Waals surface area contributed by atoms with E-state index in [0.717, 1.165) is 48.8 Å². The lowest BCUT2D eigenvalue weighted by Crippen LogP contribution is -2.28. The number of hydrogen-bond donors (Lipinski definition) is 3. The van der Waals surface area contributed by atoms with Gasteiger partial charge in [-0.3, -0.25) is 4.79 Å². The van der Waals surface area contributed by atoms with Crippen molar-refractivity contribution >= 4 is 5.91 Å². The highest BCUT2D eigenvalue weighted by atomic mass is 16.3. The van der Waals surface area contributed by atoms with Gasteiger partial charge >= 0.3 is 0 Å². The van der Waals surface area contributed by atoms with Gasteiger partial charge in [-0.2, -0.15) is 0 Å². The minimum absolute atomic E-state index is 0.0587. The Kier molecular flexibility index (Phi) is 8.15. The number of unbranched alkanes of at least 4 members (excludes halogenated alkanes) is 2. The summed E-state index contributed by atoms with van der Waals surface area (Å²) >= 11 is 0. The largest absolute Gasteiger partial charge is 0.507 e. The minimum atomic E-state index is -0.289. The molecule has 2 atom stereocenters. The summed E-state index contributed by atoms with van der Waals surface area (Å²) in [6.45, 7) is 8.72. The van der Waals surface area contributed by atoms with Gasteiger partial charge in [-0.05, 0) is 61.8 Å². The van der Waals surface area contributed by atoms with E-state index in [0.29, 0.717) is 24.1 Å². The summed E-state index contributed by atoms with van der Waals surface area (Å²) in [6.07, 6.45) is 7.40. The number of benzene rings is 2. The number of aromatic hydroxyl groups is 2. The first-order valence-corrected chi connectivity index (χ1v) is 11.6. The summed E-state index contributed by atoms with van der Waals surface area (Å²) in [4.78, 5) is 12.9. The highest BCUT2D eigenvalue weighted by Gasteiger charge is 2.32. The van der Waals surface area contributed by atoms with Gasteiger partial charge < -0.3 is 15.5 Å². The second-order valence-corrected chi connectivity index (χ2v) is 8.88. The first-order chi connectivity index (χ1) is 15.4. The Balaban J connectivity index is 1.84. The molecule has 0 aromatic heterocycles. The van der Waals surface area contributed by atoms with E-state index in [-0.39, 0.29) is 29.2 Å². The number of carbonyl (C=O) groups excluding carboxylic acids is 1.